The average molecular weight is 202 g/mol. The normalized spacial score (nSPS) is 20.3. The van der Waals surface area contributed by atoms with Gasteiger partial charge in [-0.15, -0.1) is 0 Å². The number of benzene rings is 1. The Hall–Kier alpha value is -1.24. The SMILES string of the molecule is CC(C)c1ccc(C2=C[C@@H](C)CO2)cc1. The molecule has 0 spiro atoms. The molecule has 0 radical (unpaired) electrons. The summed E-state index contributed by atoms with van der Waals surface area (Å²) in [6, 6.07) is 8.68. The zero-order valence-electron chi connectivity index (χ0n) is 9.66. The number of hydrogen-bond acceptors (Lipinski definition) is 1. The Morgan fingerprint density at radius 2 is 1.87 bits per heavy atom. The molecule has 1 atom stereocenters. The van der Waals surface area contributed by atoms with Gasteiger partial charge in [0, 0.05) is 11.5 Å². The summed E-state index contributed by atoms with van der Waals surface area (Å²) in [5, 5.41) is 0. The summed E-state index contributed by atoms with van der Waals surface area (Å²) in [6.45, 7) is 7.42. The molecule has 1 aliphatic rings. The van der Waals surface area contributed by atoms with Crippen LogP contribution in [0.15, 0.2) is 30.3 Å². The van der Waals surface area contributed by atoms with Crippen molar-refractivity contribution in [3.8, 4) is 0 Å². The highest BCUT2D eigenvalue weighted by Gasteiger charge is 2.14. The number of hydrogen-bond donors (Lipinski definition) is 0. The molecule has 1 heterocycles. The Morgan fingerprint density at radius 1 is 1.20 bits per heavy atom. The van der Waals surface area contributed by atoms with Crippen LogP contribution < -0.4 is 0 Å². The van der Waals surface area contributed by atoms with Crippen molar-refractivity contribution >= 4 is 5.76 Å². The Labute approximate surface area is 91.8 Å². The third kappa shape index (κ3) is 2.23. The van der Waals surface area contributed by atoms with E-state index in [0.717, 1.165) is 12.4 Å². The lowest BCUT2D eigenvalue weighted by molar-refractivity contribution is 0.278. The smallest absolute Gasteiger partial charge is 0.122 e. The van der Waals surface area contributed by atoms with Gasteiger partial charge in [-0.1, -0.05) is 45.0 Å². The van der Waals surface area contributed by atoms with E-state index in [4.69, 9.17) is 4.74 Å². The summed E-state index contributed by atoms with van der Waals surface area (Å²) in [5.41, 5.74) is 2.58. The van der Waals surface area contributed by atoms with E-state index in [1.165, 1.54) is 11.1 Å². The van der Waals surface area contributed by atoms with E-state index in [1.54, 1.807) is 0 Å². The maximum Gasteiger partial charge on any atom is 0.122 e. The lowest BCUT2D eigenvalue weighted by Gasteiger charge is -2.07. The van der Waals surface area contributed by atoms with Crippen molar-refractivity contribution in [2.45, 2.75) is 26.7 Å². The molecule has 1 nitrogen and oxygen atoms in total. The van der Waals surface area contributed by atoms with Crippen LogP contribution in [0.25, 0.3) is 5.76 Å². The minimum absolute atomic E-state index is 0.546. The molecule has 0 saturated heterocycles. The van der Waals surface area contributed by atoms with E-state index < -0.39 is 0 Å². The second kappa shape index (κ2) is 4.09. The first kappa shape index (κ1) is 10.3. The monoisotopic (exact) mass is 202 g/mol. The lowest BCUT2D eigenvalue weighted by Crippen LogP contribution is -1.91. The van der Waals surface area contributed by atoms with Gasteiger partial charge >= 0.3 is 0 Å². The summed E-state index contributed by atoms with van der Waals surface area (Å²) in [7, 11) is 0. The van der Waals surface area contributed by atoms with Crippen molar-refractivity contribution in [2.75, 3.05) is 6.61 Å². The van der Waals surface area contributed by atoms with Crippen molar-refractivity contribution in [2.24, 2.45) is 5.92 Å². The van der Waals surface area contributed by atoms with Crippen LogP contribution in [0.2, 0.25) is 0 Å². The molecule has 0 aromatic heterocycles. The van der Waals surface area contributed by atoms with Crippen molar-refractivity contribution in [3.05, 3.63) is 41.5 Å². The van der Waals surface area contributed by atoms with Crippen molar-refractivity contribution in [3.63, 3.8) is 0 Å². The molecule has 0 N–H and O–H groups in total. The molecule has 15 heavy (non-hydrogen) atoms. The van der Waals surface area contributed by atoms with Crippen LogP contribution in [-0.2, 0) is 4.74 Å². The summed E-state index contributed by atoms with van der Waals surface area (Å²) in [5.74, 6) is 2.18. The lowest BCUT2D eigenvalue weighted by atomic mass is 10.0. The van der Waals surface area contributed by atoms with Gasteiger partial charge in [0.25, 0.3) is 0 Å². The summed E-state index contributed by atoms with van der Waals surface area (Å²) in [4.78, 5) is 0. The Bertz CT molecular complexity index is 359. The largest absolute Gasteiger partial charge is 0.493 e. The van der Waals surface area contributed by atoms with Crippen molar-refractivity contribution < 1.29 is 4.74 Å². The fraction of sp³-hybridized carbons (Fsp3) is 0.429. The minimum atomic E-state index is 0.546. The van der Waals surface area contributed by atoms with Gasteiger partial charge in [-0.2, -0.15) is 0 Å². The topological polar surface area (TPSA) is 9.23 Å². The van der Waals surface area contributed by atoms with Gasteiger partial charge in [-0.05, 0) is 17.6 Å². The number of rotatable bonds is 2. The van der Waals surface area contributed by atoms with Gasteiger partial charge in [0.2, 0.25) is 0 Å². The fourth-order valence-corrected chi connectivity index (χ4v) is 1.79. The van der Waals surface area contributed by atoms with Gasteiger partial charge in [0.05, 0.1) is 6.61 Å². The molecule has 1 aromatic carbocycles. The fourth-order valence-electron chi connectivity index (χ4n) is 1.79. The van der Waals surface area contributed by atoms with Crippen LogP contribution >= 0.6 is 0 Å². The van der Waals surface area contributed by atoms with E-state index in [1.807, 2.05) is 0 Å². The molecule has 2 rings (SSSR count). The van der Waals surface area contributed by atoms with E-state index in [0.29, 0.717) is 11.8 Å². The van der Waals surface area contributed by atoms with Gasteiger partial charge < -0.3 is 4.74 Å². The Balaban J connectivity index is 2.20. The highest BCUT2D eigenvalue weighted by atomic mass is 16.5. The predicted octanol–water partition coefficient (Wildman–Crippen LogP) is 3.82. The van der Waals surface area contributed by atoms with Crippen LogP contribution in [0.3, 0.4) is 0 Å². The second-order valence-electron chi connectivity index (χ2n) is 4.60. The summed E-state index contributed by atoms with van der Waals surface area (Å²) < 4.78 is 5.61. The zero-order valence-corrected chi connectivity index (χ0v) is 9.66. The van der Waals surface area contributed by atoms with Gasteiger partial charge in [-0.25, -0.2) is 0 Å². The Kier molecular flexibility index (Phi) is 2.81. The molecule has 1 heteroatoms. The second-order valence-corrected chi connectivity index (χ2v) is 4.60. The quantitative estimate of drug-likeness (QED) is 0.708. The third-order valence-corrected chi connectivity index (χ3v) is 2.80. The molecule has 80 valence electrons. The zero-order chi connectivity index (χ0) is 10.8. The number of ether oxygens (including phenoxy) is 1. The van der Waals surface area contributed by atoms with E-state index in [9.17, 15) is 0 Å². The molecule has 1 aliphatic heterocycles. The molecule has 0 amide bonds. The molecular weight excluding hydrogens is 184 g/mol. The van der Waals surface area contributed by atoms with Crippen LogP contribution in [0.5, 0.6) is 0 Å². The van der Waals surface area contributed by atoms with Gasteiger partial charge in [0.15, 0.2) is 0 Å². The molecule has 0 bridgehead atoms. The van der Waals surface area contributed by atoms with Gasteiger partial charge in [-0.3, -0.25) is 0 Å². The average Bonchev–Trinajstić information content (AvgIpc) is 2.65. The van der Waals surface area contributed by atoms with Crippen molar-refractivity contribution in [1.82, 2.24) is 0 Å². The maximum absolute atomic E-state index is 5.61. The van der Waals surface area contributed by atoms with E-state index in [-0.39, 0.29) is 0 Å². The van der Waals surface area contributed by atoms with Crippen molar-refractivity contribution in [1.29, 1.82) is 0 Å². The van der Waals surface area contributed by atoms with Crippen LogP contribution in [0.4, 0.5) is 0 Å². The van der Waals surface area contributed by atoms with Crippen LogP contribution in [0.1, 0.15) is 37.8 Å². The summed E-state index contributed by atoms with van der Waals surface area (Å²) >= 11 is 0. The van der Waals surface area contributed by atoms with Crippen LogP contribution in [0, 0.1) is 5.92 Å². The first-order valence-electron chi connectivity index (χ1n) is 5.62. The molecule has 0 saturated carbocycles. The predicted molar refractivity (Wildman–Crippen MR) is 63.6 cm³/mol. The standard InChI is InChI=1S/C14H18O/c1-10(2)12-4-6-13(7-5-12)14-8-11(3)9-15-14/h4-8,10-11H,9H2,1-3H3/t11-/m1/s1. The van der Waals surface area contributed by atoms with E-state index >= 15 is 0 Å². The highest BCUT2D eigenvalue weighted by molar-refractivity contribution is 5.61. The Morgan fingerprint density at radius 3 is 2.33 bits per heavy atom. The summed E-state index contributed by atoms with van der Waals surface area (Å²) in [6.07, 6.45) is 2.20. The van der Waals surface area contributed by atoms with E-state index in [2.05, 4.69) is 51.1 Å². The minimum Gasteiger partial charge on any atom is -0.493 e. The van der Waals surface area contributed by atoms with Crippen LogP contribution in [-0.4, -0.2) is 6.61 Å². The molecular formula is C14H18O. The van der Waals surface area contributed by atoms with Gasteiger partial charge in [0.1, 0.15) is 5.76 Å². The molecule has 0 aliphatic carbocycles. The molecule has 0 unspecified atom stereocenters. The molecule has 1 aromatic rings. The highest BCUT2D eigenvalue weighted by Crippen LogP contribution is 2.26. The maximum atomic E-state index is 5.61. The first-order valence-corrected chi connectivity index (χ1v) is 5.62. The molecule has 0 fully saturated rings. The third-order valence-electron chi connectivity index (χ3n) is 2.80. The first-order chi connectivity index (χ1) is 7.16.